The van der Waals surface area contributed by atoms with E-state index in [0.717, 1.165) is 24.2 Å². The lowest BCUT2D eigenvalue weighted by Gasteiger charge is -2.17. The van der Waals surface area contributed by atoms with Gasteiger partial charge in [-0.15, -0.1) is 0 Å². The number of Topliss-reactive ketones (excluding diaryl/α,β-unsaturated/α-hetero) is 1. The van der Waals surface area contributed by atoms with Gasteiger partial charge in [0, 0.05) is 23.8 Å². The molecule has 2 aromatic carbocycles. The Morgan fingerprint density at radius 1 is 1.03 bits per heavy atom. The van der Waals surface area contributed by atoms with E-state index in [1.165, 1.54) is 0 Å². The number of hydrogen-bond acceptors (Lipinski definition) is 5. The first-order chi connectivity index (χ1) is 15.1. The topological polar surface area (TPSA) is 73.9 Å². The van der Waals surface area contributed by atoms with Gasteiger partial charge in [0.25, 0.3) is 0 Å². The molecule has 6 heteroatoms. The van der Waals surface area contributed by atoms with Crippen molar-refractivity contribution in [3.05, 3.63) is 59.7 Å². The predicted octanol–water partition coefficient (Wildman–Crippen LogP) is 3.67. The fourth-order valence-corrected chi connectivity index (χ4v) is 4.41. The van der Waals surface area contributed by atoms with Gasteiger partial charge in [0.15, 0.2) is 5.78 Å². The molecule has 2 heterocycles. The van der Waals surface area contributed by atoms with Crippen molar-refractivity contribution in [2.24, 2.45) is 11.8 Å². The molecule has 0 aromatic heterocycles. The summed E-state index contributed by atoms with van der Waals surface area (Å²) in [5.41, 5.74) is 1.65. The van der Waals surface area contributed by atoms with Gasteiger partial charge in [0.05, 0.1) is 25.4 Å². The number of carbonyl (C=O) groups is 2. The van der Waals surface area contributed by atoms with E-state index >= 15 is 0 Å². The van der Waals surface area contributed by atoms with Crippen molar-refractivity contribution in [3.8, 4) is 11.5 Å². The molecule has 1 saturated carbocycles. The SMILES string of the molecule is Cc1ccccc1Oc1cccc(C(=O)C[C@H]2CO[C@H]3[C@@H]2OC[C@@H]3NC(=O)C2CC2)c1. The lowest BCUT2D eigenvalue weighted by Crippen LogP contribution is -2.44. The first kappa shape index (κ1) is 20.2. The Morgan fingerprint density at radius 3 is 2.65 bits per heavy atom. The smallest absolute Gasteiger partial charge is 0.223 e. The van der Waals surface area contributed by atoms with Crippen LogP contribution in [0.1, 0.15) is 35.2 Å². The summed E-state index contributed by atoms with van der Waals surface area (Å²) >= 11 is 0. The fourth-order valence-electron chi connectivity index (χ4n) is 4.41. The van der Waals surface area contributed by atoms with Crippen LogP contribution >= 0.6 is 0 Å². The summed E-state index contributed by atoms with van der Waals surface area (Å²) in [6, 6.07) is 15.0. The Morgan fingerprint density at radius 2 is 1.84 bits per heavy atom. The van der Waals surface area contributed by atoms with Crippen molar-refractivity contribution in [1.29, 1.82) is 0 Å². The average Bonchev–Trinajstić information content (AvgIpc) is 3.45. The minimum atomic E-state index is -0.170. The lowest BCUT2D eigenvalue weighted by molar-refractivity contribution is -0.123. The van der Waals surface area contributed by atoms with Crippen LogP contribution < -0.4 is 10.1 Å². The van der Waals surface area contributed by atoms with Gasteiger partial charge in [0.1, 0.15) is 17.6 Å². The van der Waals surface area contributed by atoms with Gasteiger partial charge in [-0.2, -0.15) is 0 Å². The zero-order chi connectivity index (χ0) is 21.4. The number of para-hydroxylation sites is 1. The van der Waals surface area contributed by atoms with Crippen LogP contribution in [0.3, 0.4) is 0 Å². The van der Waals surface area contributed by atoms with Crippen molar-refractivity contribution in [2.75, 3.05) is 13.2 Å². The maximum absolute atomic E-state index is 13.0. The molecule has 3 aliphatic rings. The fraction of sp³-hybridized carbons (Fsp3) is 0.440. The summed E-state index contributed by atoms with van der Waals surface area (Å²) in [6.45, 7) is 2.90. The second-order valence-corrected chi connectivity index (χ2v) is 8.77. The van der Waals surface area contributed by atoms with Crippen molar-refractivity contribution in [1.82, 2.24) is 5.32 Å². The predicted molar refractivity (Wildman–Crippen MR) is 114 cm³/mol. The molecule has 162 valence electrons. The summed E-state index contributed by atoms with van der Waals surface area (Å²) in [6.07, 6.45) is 1.96. The van der Waals surface area contributed by atoms with Crippen molar-refractivity contribution in [2.45, 2.75) is 44.4 Å². The molecule has 1 aliphatic carbocycles. The normalized spacial score (nSPS) is 27.0. The monoisotopic (exact) mass is 421 g/mol. The highest BCUT2D eigenvalue weighted by Gasteiger charge is 2.49. The molecule has 3 fully saturated rings. The number of hydrogen-bond donors (Lipinski definition) is 1. The number of ketones is 1. The zero-order valence-electron chi connectivity index (χ0n) is 17.6. The molecule has 2 saturated heterocycles. The largest absolute Gasteiger partial charge is 0.457 e. The van der Waals surface area contributed by atoms with E-state index in [9.17, 15) is 9.59 Å². The number of fused-ring (bicyclic) bond motifs is 1. The molecular weight excluding hydrogens is 394 g/mol. The molecular formula is C25H27NO5. The van der Waals surface area contributed by atoms with Crippen LogP contribution in [-0.4, -0.2) is 43.2 Å². The van der Waals surface area contributed by atoms with Crippen LogP contribution in [0.15, 0.2) is 48.5 Å². The number of benzene rings is 2. The van der Waals surface area contributed by atoms with Crippen LogP contribution in [0.4, 0.5) is 0 Å². The number of amides is 1. The lowest BCUT2D eigenvalue weighted by atomic mass is 9.92. The van der Waals surface area contributed by atoms with E-state index in [-0.39, 0.29) is 41.8 Å². The molecule has 31 heavy (non-hydrogen) atoms. The number of nitrogens with one attached hydrogen (secondary N) is 1. The van der Waals surface area contributed by atoms with Gasteiger partial charge in [-0.1, -0.05) is 30.3 Å². The molecule has 6 nitrogen and oxygen atoms in total. The van der Waals surface area contributed by atoms with E-state index in [1.54, 1.807) is 6.07 Å². The summed E-state index contributed by atoms with van der Waals surface area (Å²) in [5, 5.41) is 3.06. The summed E-state index contributed by atoms with van der Waals surface area (Å²) in [5.74, 6) is 1.70. The van der Waals surface area contributed by atoms with Gasteiger partial charge in [-0.25, -0.2) is 0 Å². The second kappa shape index (κ2) is 8.44. The molecule has 0 bridgehead atoms. The molecule has 0 spiro atoms. The van der Waals surface area contributed by atoms with E-state index < -0.39 is 0 Å². The minimum absolute atomic E-state index is 0.0127. The number of carbonyl (C=O) groups excluding carboxylic acids is 2. The zero-order valence-corrected chi connectivity index (χ0v) is 17.6. The third-order valence-electron chi connectivity index (χ3n) is 6.36. The van der Waals surface area contributed by atoms with Crippen LogP contribution in [0.2, 0.25) is 0 Å². The van der Waals surface area contributed by atoms with Crippen molar-refractivity contribution < 1.29 is 23.8 Å². The van der Waals surface area contributed by atoms with E-state index in [1.807, 2.05) is 49.4 Å². The van der Waals surface area contributed by atoms with Gasteiger partial charge >= 0.3 is 0 Å². The average molecular weight is 421 g/mol. The highest BCUT2D eigenvalue weighted by molar-refractivity contribution is 5.96. The van der Waals surface area contributed by atoms with Crippen molar-refractivity contribution >= 4 is 11.7 Å². The third-order valence-corrected chi connectivity index (χ3v) is 6.36. The van der Waals surface area contributed by atoms with E-state index in [0.29, 0.717) is 30.9 Å². The standard InChI is InChI=1S/C25H27NO5/c1-15-5-2-3-8-22(15)31-19-7-4-6-17(11-19)21(27)12-18-13-29-24-20(14-30-23(18)24)26-25(28)16-9-10-16/h2-8,11,16,18,20,23-24H,9-10,12-14H2,1H3,(H,26,28)/t18-,20-,23+,24+/m0/s1. The Hall–Kier alpha value is -2.70. The quantitative estimate of drug-likeness (QED) is 0.691. The van der Waals surface area contributed by atoms with E-state index in [2.05, 4.69) is 5.32 Å². The summed E-state index contributed by atoms with van der Waals surface area (Å²) < 4.78 is 17.9. The third kappa shape index (κ3) is 4.36. The Balaban J connectivity index is 1.21. The Bertz CT molecular complexity index is 985. The first-order valence-electron chi connectivity index (χ1n) is 11.0. The molecule has 0 unspecified atom stereocenters. The molecule has 5 rings (SSSR count). The van der Waals surface area contributed by atoms with Crippen LogP contribution in [0.5, 0.6) is 11.5 Å². The van der Waals surface area contributed by atoms with Crippen LogP contribution in [0.25, 0.3) is 0 Å². The molecule has 2 aliphatic heterocycles. The summed E-state index contributed by atoms with van der Waals surface area (Å²) in [4.78, 5) is 25.1. The highest BCUT2D eigenvalue weighted by Crippen LogP contribution is 2.35. The second-order valence-electron chi connectivity index (χ2n) is 8.77. The number of aryl methyl sites for hydroxylation is 1. The van der Waals surface area contributed by atoms with Crippen LogP contribution in [0, 0.1) is 18.8 Å². The maximum atomic E-state index is 13.0. The molecule has 4 atom stereocenters. The molecule has 1 amide bonds. The van der Waals surface area contributed by atoms with Gasteiger partial charge in [-0.3, -0.25) is 9.59 Å². The Kier molecular flexibility index (Phi) is 5.50. The van der Waals surface area contributed by atoms with E-state index in [4.69, 9.17) is 14.2 Å². The molecule has 2 aromatic rings. The Labute approximate surface area is 181 Å². The van der Waals surface area contributed by atoms with Crippen molar-refractivity contribution in [3.63, 3.8) is 0 Å². The van der Waals surface area contributed by atoms with Gasteiger partial charge < -0.3 is 19.5 Å². The minimum Gasteiger partial charge on any atom is -0.457 e. The summed E-state index contributed by atoms with van der Waals surface area (Å²) in [7, 11) is 0. The molecule has 1 N–H and O–H groups in total. The van der Waals surface area contributed by atoms with Crippen LogP contribution in [-0.2, 0) is 14.3 Å². The van der Waals surface area contributed by atoms with Gasteiger partial charge in [0.2, 0.25) is 5.91 Å². The first-order valence-corrected chi connectivity index (χ1v) is 11.0. The maximum Gasteiger partial charge on any atom is 0.223 e. The number of ether oxygens (including phenoxy) is 3. The highest BCUT2D eigenvalue weighted by atomic mass is 16.6. The number of rotatable bonds is 7. The van der Waals surface area contributed by atoms with Gasteiger partial charge in [-0.05, 0) is 43.5 Å². The molecule has 0 radical (unpaired) electrons.